The summed E-state index contributed by atoms with van der Waals surface area (Å²) in [6.07, 6.45) is 6.40. The van der Waals surface area contributed by atoms with Crippen LogP contribution in [0.15, 0.2) is 18.6 Å². The fourth-order valence-electron chi connectivity index (χ4n) is 3.95. The summed E-state index contributed by atoms with van der Waals surface area (Å²) in [4.78, 5) is 11.0. The van der Waals surface area contributed by atoms with Crippen molar-refractivity contribution in [1.29, 1.82) is 5.26 Å². The third-order valence-corrected chi connectivity index (χ3v) is 7.22. The van der Waals surface area contributed by atoms with Crippen molar-refractivity contribution in [3.63, 3.8) is 0 Å². The smallest absolute Gasteiger partial charge is 0.214 e. The first-order valence-corrected chi connectivity index (χ1v) is 10.6. The number of rotatable bonds is 5. The first kappa shape index (κ1) is 17.9. The monoisotopic (exact) mass is 387 g/mol. The highest BCUT2D eigenvalue weighted by molar-refractivity contribution is 7.89. The quantitative estimate of drug-likeness (QED) is 0.745. The van der Waals surface area contributed by atoms with Crippen LogP contribution < -0.4 is 4.90 Å². The van der Waals surface area contributed by atoms with E-state index in [1.165, 1.54) is 6.20 Å². The Bertz CT molecular complexity index is 1010. The van der Waals surface area contributed by atoms with Crippen molar-refractivity contribution in [3.8, 4) is 17.5 Å². The molecular formula is C17H21N7O2S. The summed E-state index contributed by atoms with van der Waals surface area (Å²) in [7, 11) is -1.39. The fourth-order valence-corrected chi connectivity index (χ4v) is 5.71. The number of nitrogens with zero attached hydrogens (tertiary/aromatic N) is 7. The highest BCUT2D eigenvalue weighted by atomic mass is 32.2. The molecule has 0 aliphatic carbocycles. The van der Waals surface area contributed by atoms with Crippen molar-refractivity contribution >= 4 is 15.8 Å². The van der Waals surface area contributed by atoms with E-state index in [2.05, 4.69) is 26.0 Å². The second-order valence-electron chi connectivity index (χ2n) is 7.03. The summed E-state index contributed by atoms with van der Waals surface area (Å²) in [5, 5.41) is 13.6. The van der Waals surface area contributed by atoms with Gasteiger partial charge in [0.15, 0.2) is 11.6 Å². The molecule has 0 saturated carbocycles. The van der Waals surface area contributed by atoms with Gasteiger partial charge in [0.25, 0.3) is 0 Å². The molecule has 2 bridgehead atoms. The molecule has 0 aromatic carbocycles. The summed E-state index contributed by atoms with van der Waals surface area (Å²) in [6.45, 7) is 2.87. The number of aryl methyl sites for hydroxylation is 1. The third-order valence-electron chi connectivity index (χ3n) is 5.13. The number of hydrogen-bond donors (Lipinski definition) is 0. The molecule has 0 unspecified atom stereocenters. The highest BCUT2D eigenvalue weighted by Gasteiger charge is 2.48. The number of nitriles is 1. The predicted octanol–water partition coefficient (Wildman–Crippen LogP) is 0.751. The van der Waals surface area contributed by atoms with Crippen LogP contribution in [0.25, 0.3) is 11.4 Å². The standard InChI is InChI=1S/C17H21N7O2S/c1-3-4-27(25,26)24-11-14-5-15(24)10-23(14)17-12(6-18)7-19-16(21-17)13-8-20-22(2)9-13/h7-9,14-15H,3-5,10-11H2,1-2H3/t14-,15-/m0/s1. The number of aromatic nitrogens is 4. The number of piperazine rings is 1. The van der Waals surface area contributed by atoms with E-state index in [-0.39, 0.29) is 17.8 Å². The summed E-state index contributed by atoms with van der Waals surface area (Å²) in [5.74, 6) is 1.26. The van der Waals surface area contributed by atoms with Crippen molar-refractivity contribution in [2.24, 2.45) is 7.05 Å². The molecule has 4 heterocycles. The maximum absolute atomic E-state index is 12.5. The van der Waals surface area contributed by atoms with Crippen LogP contribution in [0, 0.1) is 11.3 Å². The van der Waals surface area contributed by atoms with Crippen molar-refractivity contribution in [2.45, 2.75) is 31.8 Å². The Labute approximate surface area is 158 Å². The first-order valence-electron chi connectivity index (χ1n) is 8.95. The molecule has 9 nitrogen and oxygen atoms in total. The minimum absolute atomic E-state index is 0.0328. The maximum Gasteiger partial charge on any atom is 0.214 e. The van der Waals surface area contributed by atoms with Gasteiger partial charge in [0, 0.05) is 38.4 Å². The lowest BCUT2D eigenvalue weighted by molar-refractivity contribution is 0.367. The molecule has 2 aliphatic heterocycles. The van der Waals surface area contributed by atoms with E-state index in [1.54, 1.807) is 15.2 Å². The molecule has 2 aliphatic rings. The van der Waals surface area contributed by atoms with Gasteiger partial charge in [-0.05, 0) is 12.8 Å². The number of fused-ring (bicyclic) bond motifs is 2. The van der Waals surface area contributed by atoms with Gasteiger partial charge in [-0.2, -0.15) is 14.7 Å². The second kappa shape index (κ2) is 6.58. The summed E-state index contributed by atoms with van der Waals surface area (Å²) in [6, 6.07) is 2.13. The van der Waals surface area contributed by atoms with E-state index in [0.29, 0.717) is 36.7 Å². The van der Waals surface area contributed by atoms with Gasteiger partial charge >= 0.3 is 0 Å². The molecule has 2 atom stereocenters. The van der Waals surface area contributed by atoms with E-state index in [0.717, 1.165) is 12.0 Å². The van der Waals surface area contributed by atoms with Crippen molar-refractivity contribution in [1.82, 2.24) is 24.1 Å². The third kappa shape index (κ3) is 3.07. The zero-order valence-electron chi connectivity index (χ0n) is 15.3. The Kier molecular flexibility index (Phi) is 4.36. The van der Waals surface area contributed by atoms with Gasteiger partial charge in [-0.25, -0.2) is 18.4 Å². The normalized spacial score (nSPS) is 22.3. The van der Waals surface area contributed by atoms with Gasteiger partial charge in [-0.15, -0.1) is 0 Å². The minimum Gasteiger partial charge on any atom is -0.349 e. The Hall–Kier alpha value is -2.51. The zero-order chi connectivity index (χ0) is 19.2. The SMILES string of the molecule is CCCS(=O)(=O)N1C[C@@H]2C[C@H]1CN2c1nc(-c2cnn(C)c2)ncc1C#N. The second-order valence-corrected chi connectivity index (χ2v) is 9.07. The summed E-state index contributed by atoms with van der Waals surface area (Å²) < 4.78 is 28.2. The van der Waals surface area contributed by atoms with Crippen LogP contribution in [0.3, 0.4) is 0 Å². The molecule has 4 rings (SSSR count). The molecule has 142 valence electrons. The Balaban J connectivity index is 1.63. The molecular weight excluding hydrogens is 366 g/mol. The Morgan fingerprint density at radius 1 is 1.30 bits per heavy atom. The summed E-state index contributed by atoms with van der Waals surface area (Å²) in [5.41, 5.74) is 1.18. The van der Waals surface area contributed by atoms with Crippen LogP contribution in [0.2, 0.25) is 0 Å². The molecule has 2 fully saturated rings. The zero-order valence-corrected chi connectivity index (χ0v) is 16.1. The van der Waals surface area contributed by atoms with Gasteiger partial charge in [0.2, 0.25) is 10.0 Å². The molecule has 10 heteroatoms. The molecule has 0 amide bonds. The topological polar surface area (TPSA) is 108 Å². The van der Waals surface area contributed by atoms with E-state index < -0.39 is 10.0 Å². The Morgan fingerprint density at radius 3 is 2.70 bits per heavy atom. The van der Waals surface area contributed by atoms with Crippen LogP contribution in [0.5, 0.6) is 0 Å². The van der Waals surface area contributed by atoms with E-state index in [9.17, 15) is 13.7 Å². The van der Waals surface area contributed by atoms with Crippen molar-refractivity contribution in [3.05, 3.63) is 24.2 Å². The summed E-state index contributed by atoms with van der Waals surface area (Å²) >= 11 is 0. The van der Waals surface area contributed by atoms with Gasteiger partial charge in [0.05, 0.1) is 23.7 Å². The molecule has 0 radical (unpaired) electrons. The number of hydrogen-bond acceptors (Lipinski definition) is 7. The lowest BCUT2D eigenvalue weighted by Gasteiger charge is -2.34. The van der Waals surface area contributed by atoms with Crippen LogP contribution in [-0.2, 0) is 17.1 Å². The largest absolute Gasteiger partial charge is 0.349 e. The van der Waals surface area contributed by atoms with E-state index in [4.69, 9.17) is 0 Å². The van der Waals surface area contributed by atoms with Crippen LogP contribution in [0.1, 0.15) is 25.3 Å². The van der Waals surface area contributed by atoms with Gasteiger partial charge in [0.1, 0.15) is 11.6 Å². The van der Waals surface area contributed by atoms with Crippen LogP contribution >= 0.6 is 0 Å². The van der Waals surface area contributed by atoms with E-state index in [1.807, 2.05) is 20.2 Å². The van der Waals surface area contributed by atoms with Gasteiger partial charge in [-0.3, -0.25) is 4.68 Å². The average molecular weight is 387 g/mol. The van der Waals surface area contributed by atoms with Crippen molar-refractivity contribution in [2.75, 3.05) is 23.7 Å². The maximum atomic E-state index is 12.5. The van der Waals surface area contributed by atoms with E-state index >= 15 is 0 Å². The molecule has 0 N–H and O–H groups in total. The molecule has 27 heavy (non-hydrogen) atoms. The lowest BCUT2D eigenvalue weighted by atomic mass is 10.2. The Morgan fingerprint density at radius 2 is 2.11 bits per heavy atom. The molecule has 0 spiro atoms. The molecule has 2 aromatic rings. The van der Waals surface area contributed by atoms with Crippen LogP contribution in [-0.4, -0.2) is 63.4 Å². The molecule has 2 aromatic heterocycles. The number of anilines is 1. The van der Waals surface area contributed by atoms with Gasteiger partial charge < -0.3 is 4.90 Å². The van der Waals surface area contributed by atoms with Crippen molar-refractivity contribution < 1.29 is 8.42 Å². The lowest BCUT2D eigenvalue weighted by Crippen LogP contribution is -2.49. The minimum atomic E-state index is -3.21. The first-order chi connectivity index (χ1) is 12.9. The fraction of sp³-hybridized carbons (Fsp3) is 0.529. The van der Waals surface area contributed by atoms with Gasteiger partial charge in [-0.1, -0.05) is 6.92 Å². The predicted molar refractivity (Wildman–Crippen MR) is 99.3 cm³/mol. The molecule has 2 saturated heterocycles. The average Bonchev–Trinajstić information content (AvgIpc) is 3.36. The van der Waals surface area contributed by atoms with Crippen LogP contribution in [0.4, 0.5) is 5.82 Å². The highest BCUT2D eigenvalue weighted by Crippen LogP contribution is 2.37. The number of sulfonamides is 1.